The van der Waals surface area contributed by atoms with E-state index in [9.17, 15) is 10.1 Å². The van der Waals surface area contributed by atoms with Gasteiger partial charge in [-0.2, -0.15) is 0 Å². The van der Waals surface area contributed by atoms with E-state index in [4.69, 9.17) is 9.47 Å². The zero-order valence-corrected chi connectivity index (χ0v) is 14.2. The molecule has 0 saturated heterocycles. The standard InChI is InChI=1S/C16H14N4O4.ClH/c1-23-14-7-12-13(8-15(14)24-2)17-9-18-16(12)19-10-3-5-11(6-4-10)20(21)22;/h3-9H,1-2H3,(H,17,18,19);1H. The van der Waals surface area contributed by atoms with Crippen molar-refractivity contribution in [2.45, 2.75) is 0 Å². The molecule has 0 aliphatic rings. The number of hydrogen-bond donors (Lipinski definition) is 1. The number of ether oxygens (including phenoxy) is 2. The van der Waals surface area contributed by atoms with Crippen LogP contribution in [0.2, 0.25) is 0 Å². The minimum atomic E-state index is -0.443. The number of methoxy groups -OCH3 is 2. The lowest BCUT2D eigenvalue weighted by Gasteiger charge is -2.12. The quantitative estimate of drug-likeness (QED) is 0.545. The molecule has 130 valence electrons. The molecule has 0 fully saturated rings. The maximum atomic E-state index is 10.7. The van der Waals surface area contributed by atoms with Crippen molar-refractivity contribution < 1.29 is 14.4 Å². The molecule has 3 aromatic rings. The first-order valence-electron chi connectivity index (χ1n) is 7.00. The summed E-state index contributed by atoms with van der Waals surface area (Å²) in [6.07, 6.45) is 1.43. The summed E-state index contributed by atoms with van der Waals surface area (Å²) in [4.78, 5) is 18.7. The molecule has 0 unspecified atom stereocenters. The highest BCUT2D eigenvalue weighted by molar-refractivity contribution is 5.93. The van der Waals surface area contributed by atoms with Gasteiger partial charge in [0.2, 0.25) is 0 Å². The molecular formula is C16H15ClN4O4. The normalized spacial score (nSPS) is 10.0. The molecule has 0 saturated carbocycles. The van der Waals surface area contributed by atoms with E-state index in [0.717, 1.165) is 5.39 Å². The van der Waals surface area contributed by atoms with E-state index in [2.05, 4.69) is 15.3 Å². The minimum Gasteiger partial charge on any atom is -0.493 e. The van der Waals surface area contributed by atoms with Crippen LogP contribution in [0.4, 0.5) is 17.2 Å². The topological polar surface area (TPSA) is 99.4 Å². The van der Waals surface area contributed by atoms with Crippen molar-refractivity contribution in [3.8, 4) is 11.5 Å². The monoisotopic (exact) mass is 362 g/mol. The first-order valence-corrected chi connectivity index (χ1v) is 7.00. The number of nitrogens with zero attached hydrogens (tertiary/aromatic N) is 3. The lowest BCUT2D eigenvalue weighted by atomic mass is 10.2. The number of hydrogen-bond acceptors (Lipinski definition) is 7. The molecule has 9 heteroatoms. The summed E-state index contributed by atoms with van der Waals surface area (Å²) in [6.45, 7) is 0. The Kier molecular flexibility index (Phi) is 5.56. The van der Waals surface area contributed by atoms with Gasteiger partial charge in [0.05, 0.1) is 24.7 Å². The van der Waals surface area contributed by atoms with Gasteiger partial charge in [0.1, 0.15) is 12.1 Å². The number of anilines is 2. The Bertz CT molecular complexity index is 903. The van der Waals surface area contributed by atoms with E-state index in [0.29, 0.717) is 28.5 Å². The van der Waals surface area contributed by atoms with Crippen LogP contribution in [0.3, 0.4) is 0 Å². The summed E-state index contributed by atoms with van der Waals surface area (Å²) >= 11 is 0. The van der Waals surface area contributed by atoms with E-state index in [-0.39, 0.29) is 18.1 Å². The van der Waals surface area contributed by atoms with Crippen molar-refractivity contribution in [1.82, 2.24) is 9.97 Å². The van der Waals surface area contributed by atoms with Crippen LogP contribution in [0.5, 0.6) is 11.5 Å². The molecule has 0 aliphatic heterocycles. The predicted molar refractivity (Wildman–Crippen MR) is 96.3 cm³/mol. The summed E-state index contributed by atoms with van der Waals surface area (Å²) in [5.74, 6) is 1.70. The summed E-state index contributed by atoms with van der Waals surface area (Å²) in [7, 11) is 3.11. The summed E-state index contributed by atoms with van der Waals surface area (Å²) < 4.78 is 10.6. The van der Waals surface area contributed by atoms with Gasteiger partial charge in [-0.25, -0.2) is 9.97 Å². The minimum absolute atomic E-state index is 0. The highest BCUT2D eigenvalue weighted by Crippen LogP contribution is 2.34. The first-order chi connectivity index (χ1) is 11.6. The van der Waals surface area contributed by atoms with Crippen LogP contribution in [0.1, 0.15) is 0 Å². The van der Waals surface area contributed by atoms with Gasteiger partial charge in [0, 0.05) is 29.3 Å². The summed E-state index contributed by atoms with van der Waals surface area (Å²) in [5, 5.41) is 14.6. The molecule has 0 aliphatic carbocycles. The second-order valence-electron chi connectivity index (χ2n) is 4.88. The van der Waals surface area contributed by atoms with Gasteiger partial charge >= 0.3 is 0 Å². The Morgan fingerprint density at radius 3 is 2.28 bits per heavy atom. The Morgan fingerprint density at radius 1 is 1.04 bits per heavy atom. The number of nitro groups is 1. The lowest BCUT2D eigenvalue weighted by molar-refractivity contribution is -0.384. The molecule has 0 amide bonds. The van der Waals surface area contributed by atoms with E-state index in [1.807, 2.05) is 0 Å². The molecule has 25 heavy (non-hydrogen) atoms. The van der Waals surface area contributed by atoms with Gasteiger partial charge < -0.3 is 14.8 Å². The molecule has 0 bridgehead atoms. The fraction of sp³-hybridized carbons (Fsp3) is 0.125. The maximum absolute atomic E-state index is 10.7. The molecule has 1 N–H and O–H groups in total. The number of rotatable bonds is 5. The van der Waals surface area contributed by atoms with Gasteiger partial charge in [-0.3, -0.25) is 10.1 Å². The highest BCUT2D eigenvalue weighted by Gasteiger charge is 2.11. The fourth-order valence-electron chi connectivity index (χ4n) is 2.29. The van der Waals surface area contributed by atoms with Crippen LogP contribution in [-0.2, 0) is 0 Å². The first kappa shape index (κ1) is 18.2. The second-order valence-corrected chi connectivity index (χ2v) is 4.88. The van der Waals surface area contributed by atoms with Crippen LogP contribution in [-0.4, -0.2) is 29.1 Å². The second kappa shape index (κ2) is 7.63. The molecule has 0 atom stereocenters. The van der Waals surface area contributed by atoms with E-state index < -0.39 is 4.92 Å². The Morgan fingerprint density at radius 2 is 1.68 bits per heavy atom. The average molecular weight is 363 g/mol. The van der Waals surface area contributed by atoms with E-state index >= 15 is 0 Å². The molecule has 3 rings (SSSR count). The maximum Gasteiger partial charge on any atom is 0.269 e. The van der Waals surface area contributed by atoms with Gasteiger partial charge in [-0.05, 0) is 18.2 Å². The van der Waals surface area contributed by atoms with Crippen molar-refractivity contribution in [1.29, 1.82) is 0 Å². The molecule has 0 spiro atoms. The van der Waals surface area contributed by atoms with Crippen LogP contribution in [0, 0.1) is 10.1 Å². The van der Waals surface area contributed by atoms with Crippen LogP contribution in [0.25, 0.3) is 10.9 Å². The van der Waals surface area contributed by atoms with E-state index in [1.54, 1.807) is 38.5 Å². The zero-order chi connectivity index (χ0) is 17.1. The van der Waals surface area contributed by atoms with Crippen LogP contribution >= 0.6 is 12.4 Å². The van der Waals surface area contributed by atoms with Gasteiger partial charge in [0.25, 0.3) is 5.69 Å². The van der Waals surface area contributed by atoms with Crippen molar-refractivity contribution in [2.24, 2.45) is 0 Å². The Labute approximate surface area is 149 Å². The zero-order valence-electron chi connectivity index (χ0n) is 13.4. The number of halogens is 1. The van der Waals surface area contributed by atoms with E-state index in [1.165, 1.54) is 18.5 Å². The summed E-state index contributed by atoms with van der Waals surface area (Å²) in [6, 6.07) is 9.63. The molecule has 1 aromatic heterocycles. The Hall–Kier alpha value is -3.13. The van der Waals surface area contributed by atoms with Gasteiger partial charge in [-0.1, -0.05) is 0 Å². The van der Waals surface area contributed by atoms with Crippen molar-refractivity contribution in [2.75, 3.05) is 19.5 Å². The predicted octanol–water partition coefficient (Wildman–Crippen LogP) is 3.72. The largest absolute Gasteiger partial charge is 0.493 e. The van der Waals surface area contributed by atoms with Crippen molar-refractivity contribution in [3.63, 3.8) is 0 Å². The lowest BCUT2D eigenvalue weighted by Crippen LogP contribution is -1.98. The van der Waals surface area contributed by atoms with Crippen molar-refractivity contribution in [3.05, 3.63) is 52.8 Å². The number of nitrogens with one attached hydrogen (secondary N) is 1. The van der Waals surface area contributed by atoms with Gasteiger partial charge in [-0.15, -0.1) is 12.4 Å². The third-order valence-corrected chi connectivity index (χ3v) is 3.48. The third-order valence-electron chi connectivity index (χ3n) is 3.48. The molecule has 2 aromatic carbocycles. The number of non-ortho nitro benzene ring substituents is 1. The molecule has 1 heterocycles. The van der Waals surface area contributed by atoms with Crippen LogP contribution < -0.4 is 14.8 Å². The number of fused-ring (bicyclic) bond motifs is 1. The summed E-state index contributed by atoms with van der Waals surface area (Å²) in [5.41, 5.74) is 1.39. The number of aromatic nitrogens is 2. The Balaban J connectivity index is 0.00000225. The molecule has 0 radical (unpaired) electrons. The smallest absolute Gasteiger partial charge is 0.269 e. The van der Waals surface area contributed by atoms with Crippen molar-refractivity contribution >= 4 is 40.5 Å². The third kappa shape index (κ3) is 3.69. The fourth-order valence-corrected chi connectivity index (χ4v) is 2.29. The van der Waals surface area contributed by atoms with Crippen LogP contribution in [0.15, 0.2) is 42.7 Å². The SMILES string of the molecule is COc1cc2ncnc(Nc3ccc([N+](=O)[O-])cc3)c2cc1OC.Cl. The highest BCUT2D eigenvalue weighted by atomic mass is 35.5. The van der Waals surface area contributed by atoms with Gasteiger partial charge in [0.15, 0.2) is 11.5 Å². The molecule has 8 nitrogen and oxygen atoms in total. The number of benzene rings is 2. The number of nitro benzene ring substituents is 1. The molecular weight excluding hydrogens is 348 g/mol. The average Bonchev–Trinajstić information content (AvgIpc) is 2.61.